The van der Waals surface area contributed by atoms with Gasteiger partial charge in [-0.1, -0.05) is 36.4 Å². The molecule has 0 atom stereocenters. The number of hydrogen-bond donors (Lipinski definition) is 2. The Labute approximate surface area is 150 Å². The van der Waals surface area contributed by atoms with Crippen molar-refractivity contribution in [2.45, 2.75) is 0 Å². The van der Waals surface area contributed by atoms with Crippen LogP contribution < -0.4 is 9.47 Å². The van der Waals surface area contributed by atoms with Gasteiger partial charge in [-0.2, -0.15) is 0 Å². The van der Waals surface area contributed by atoms with E-state index in [0.717, 1.165) is 21.5 Å². The molecule has 0 aliphatic heterocycles. The van der Waals surface area contributed by atoms with E-state index in [1.54, 1.807) is 26.4 Å². The van der Waals surface area contributed by atoms with Gasteiger partial charge in [0.2, 0.25) is 0 Å². The molecule has 0 radical (unpaired) electrons. The van der Waals surface area contributed by atoms with Crippen LogP contribution in [0.4, 0.5) is 0 Å². The van der Waals surface area contributed by atoms with Gasteiger partial charge < -0.3 is 19.7 Å². The van der Waals surface area contributed by atoms with Gasteiger partial charge in [0.25, 0.3) is 0 Å². The van der Waals surface area contributed by atoms with Crippen molar-refractivity contribution in [3.05, 3.63) is 60.7 Å². The zero-order valence-electron chi connectivity index (χ0n) is 14.5. The minimum atomic E-state index is 0.0655. The monoisotopic (exact) mass is 346 g/mol. The van der Waals surface area contributed by atoms with Gasteiger partial charge in [-0.25, -0.2) is 0 Å². The summed E-state index contributed by atoms with van der Waals surface area (Å²) < 4.78 is 11.1. The number of fused-ring (bicyclic) bond motifs is 2. The molecule has 2 N–H and O–H groups in total. The molecule has 0 saturated heterocycles. The van der Waals surface area contributed by atoms with E-state index < -0.39 is 0 Å². The number of phenolic OH excluding ortho intramolecular Hbond substituents is 2. The summed E-state index contributed by atoms with van der Waals surface area (Å²) in [5, 5.41) is 24.7. The van der Waals surface area contributed by atoms with Crippen LogP contribution in [0.25, 0.3) is 32.7 Å². The summed E-state index contributed by atoms with van der Waals surface area (Å²) in [7, 11) is 3.18. The summed E-state index contributed by atoms with van der Waals surface area (Å²) >= 11 is 0. The van der Waals surface area contributed by atoms with Crippen molar-refractivity contribution < 1.29 is 19.7 Å². The van der Waals surface area contributed by atoms with Gasteiger partial charge in [0.1, 0.15) is 23.0 Å². The van der Waals surface area contributed by atoms with Crippen LogP contribution in [0.3, 0.4) is 0 Å². The SMILES string of the molecule is COc1cccc2ccc(O)c(-c3c(O)ccc4cccc(OC)c34)c12. The highest BCUT2D eigenvalue weighted by atomic mass is 16.5. The molecule has 0 bridgehead atoms. The predicted octanol–water partition coefficient (Wildman–Crippen LogP) is 5.09. The van der Waals surface area contributed by atoms with Crippen molar-refractivity contribution in [1.29, 1.82) is 0 Å². The minimum Gasteiger partial charge on any atom is -0.507 e. The second-order valence-corrected chi connectivity index (χ2v) is 6.04. The molecule has 4 aromatic carbocycles. The molecule has 0 saturated carbocycles. The molecule has 0 fully saturated rings. The van der Waals surface area contributed by atoms with E-state index in [4.69, 9.17) is 9.47 Å². The van der Waals surface area contributed by atoms with Crippen LogP contribution in [-0.2, 0) is 0 Å². The molecule has 0 unspecified atom stereocenters. The van der Waals surface area contributed by atoms with Crippen molar-refractivity contribution in [3.8, 4) is 34.1 Å². The second kappa shape index (κ2) is 6.15. The molecule has 4 nitrogen and oxygen atoms in total. The molecule has 0 aromatic heterocycles. The summed E-state index contributed by atoms with van der Waals surface area (Å²) in [6, 6.07) is 18.3. The number of methoxy groups -OCH3 is 2. The molecule has 0 heterocycles. The molecule has 4 rings (SSSR count). The fraction of sp³-hybridized carbons (Fsp3) is 0.0909. The molecule has 130 valence electrons. The zero-order chi connectivity index (χ0) is 18.3. The fourth-order valence-electron chi connectivity index (χ4n) is 3.52. The summed E-state index contributed by atoms with van der Waals surface area (Å²) in [6.45, 7) is 0. The summed E-state index contributed by atoms with van der Waals surface area (Å²) in [5.74, 6) is 1.38. The summed E-state index contributed by atoms with van der Waals surface area (Å²) in [4.78, 5) is 0. The van der Waals surface area contributed by atoms with Gasteiger partial charge in [-0.15, -0.1) is 0 Å². The van der Waals surface area contributed by atoms with E-state index >= 15 is 0 Å². The maximum atomic E-state index is 10.7. The molecular weight excluding hydrogens is 328 g/mol. The molecule has 4 heteroatoms. The van der Waals surface area contributed by atoms with Gasteiger partial charge in [-0.3, -0.25) is 0 Å². The van der Waals surface area contributed by atoms with Crippen molar-refractivity contribution in [1.82, 2.24) is 0 Å². The largest absolute Gasteiger partial charge is 0.507 e. The second-order valence-electron chi connectivity index (χ2n) is 6.04. The lowest BCUT2D eigenvalue weighted by molar-refractivity contribution is 0.418. The fourth-order valence-corrected chi connectivity index (χ4v) is 3.52. The van der Waals surface area contributed by atoms with E-state index in [9.17, 15) is 10.2 Å². The first kappa shape index (κ1) is 16.1. The predicted molar refractivity (Wildman–Crippen MR) is 103 cm³/mol. The highest BCUT2D eigenvalue weighted by Gasteiger charge is 2.21. The molecule has 4 aromatic rings. The topological polar surface area (TPSA) is 58.9 Å². The lowest BCUT2D eigenvalue weighted by atomic mass is 9.91. The molecule has 0 aliphatic carbocycles. The average molecular weight is 346 g/mol. The van der Waals surface area contributed by atoms with Crippen LogP contribution in [-0.4, -0.2) is 24.4 Å². The maximum absolute atomic E-state index is 10.7. The summed E-state index contributed by atoms with van der Waals surface area (Å²) in [5.41, 5.74) is 1.04. The van der Waals surface area contributed by atoms with Crippen LogP contribution >= 0.6 is 0 Å². The molecule has 0 aliphatic rings. The van der Waals surface area contributed by atoms with E-state index in [2.05, 4.69) is 0 Å². The van der Waals surface area contributed by atoms with Crippen LogP contribution in [0.15, 0.2) is 60.7 Å². The minimum absolute atomic E-state index is 0.0655. The van der Waals surface area contributed by atoms with Crippen molar-refractivity contribution in [2.24, 2.45) is 0 Å². The molecule has 26 heavy (non-hydrogen) atoms. The third kappa shape index (κ3) is 2.30. The average Bonchev–Trinajstić information content (AvgIpc) is 2.67. The van der Waals surface area contributed by atoms with E-state index in [1.165, 1.54) is 0 Å². The smallest absolute Gasteiger partial charge is 0.127 e. The van der Waals surface area contributed by atoms with Crippen LogP contribution in [0.1, 0.15) is 0 Å². The first-order valence-electron chi connectivity index (χ1n) is 8.23. The van der Waals surface area contributed by atoms with Crippen molar-refractivity contribution in [2.75, 3.05) is 14.2 Å². The van der Waals surface area contributed by atoms with Crippen LogP contribution in [0.5, 0.6) is 23.0 Å². The number of rotatable bonds is 3. The summed E-state index contributed by atoms with van der Waals surface area (Å²) in [6.07, 6.45) is 0. The first-order valence-corrected chi connectivity index (χ1v) is 8.23. The normalized spacial score (nSPS) is 11.0. The van der Waals surface area contributed by atoms with Gasteiger partial charge in [0.05, 0.1) is 14.2 Å². The molecule has 0 spiro atoms. The van der Waals surface area contributed by atoms with E-state index in [-0.39, 0.29) is 11.5 Å². The number of phenols is 2. The first-order chi connectivity index (χ1) is 12.7. The maximum Gasteiger partial charge on any atom is 0.127 e. The Morgan fingerprint density at radius 1 is 0.577 bits per heavy atom. The lowest BCUT2D eigenvalue weighted by Crippen LogP contribution is -1.92. The Hall–Kier alpha value is -3.40. The van der Waals surface area contributed by atoms with Crippen LogP contribution in [0, 0.1) is 0 Å². The third-order valence-electron chi connectivity index (χ3n) is 4.66. The lowest BCUT2D eigenvalue weighted by Gasteiger charge is -2.17. The van der Waals surface area contributed by atoms with Crippen LogP contribution in [0.2, 0.25) is 0 Å². The third-order valence-corrected chi connectivity index (χ3v) is 4.66. The Morgan fingerprint density at radius 2 is 1.00 bits per heavy atom. The zero-order valence-corrected chi connectivity index (χ0v) is 14.5. The number of benzene rings is 4. The Morgan fingerprint density at radius 3 is 1.38 bits per heavy atom. The quantitative estimate of drug-likeness (QED) is 0.542. The van der Waals surface area contributed by atoms with Gasteiger partial charge >= 0.3 is 0 Å². The Balaban J connectivity index is 2.25. The van der Waals surface area contributed by atoms with Gasteiger partial charge in [-0.05, 0) is 35.0 Å². The molecule has 0 amide bonds. The number of ether oxygens (including phenoxy) is 2. The van der Waals surface area contributed by atoms with E-state index in [1.807, 2.05) is 48.5 Å². The highest BCUT2D eigenvalue weighted by Crippen LogP contribution is 2.48. The van der Waals surface area contributed by atoms with Gasteiger partial charge in [0.15, 0.2) is 0 Å². The van der Waals surface area contributed by atoms with Crippen molar-refractivity contribution in [3.63, 3.8) is 0 Å². The Kier molecular flexibility index (Phi) is 3.81. The number of hydrogen-bond acceptors (Lipinski definition) is 4. The number of aromatic hydroxyl groups is 2. The van der Waals surface area contributed by atoms with E-state index in [0.29, 0.717) is 22.6 Å². The molecular formula is C22H18O4. The standard InChI is InChI=1S/C22H18O4/c1-25-17-7-3-5-13-9-11-15(23)21(19(13)17)22-16(24)12-10-14-6-4-8-18(26-2)20(14)22/h3-12,23-24H,1-2H3. The Bertz CT molecular complexity index is 1040. The highest BCUT2D eigenvalue weighted by molar-refractivity contribution is 6.13. The van der Waals surface area contributed by atoms with Crippen molar-refractivity contribution >= 4 is 21.5 Å². The van der Waals surface area contributed by atoms with Gasteiger partial charge in [0, 0.05) is 21.9 Å².